The molecule has 0 atom stereocenters. The van der Waals surface area contributed by atoms with Crippen molar-refractivity contribution in [3.8, 4) is 22.6 Å². The highest BCUT2D eigenvalue weighted by molar-refractivity contribution is 5.65. The van der Waals surface area contributed by atoms with E-state index < -0.39 is 47.0 Å². The van der Waals surface area contributed by atoms with Gasteiger partial charge in [-0.25, -0.2) is 17.6 Å². The first-order valence-corrected chi connectivity index (χ1v) is 16.1. The van der Waals surface area contributed by atoms with Gasteiger partial charge in [-0.15, -0.1) is 0 Å². The fourth-order valence-electron chi connectivity index (χ4n) is 6.55. The SMILES string of the molecule is CCCCCC1CCC(C2COC(c3ccc(-c4cc(F)c(C(F)(F)Oc5ccc(OCC)c(F)c5)c(F)c4)c(F)c3)OC2)CC1. The molecule has 10 heteroatoms. The molecule has 0 radical (unpaired) electrons. The summed E-state index contributed by atoms with van der Waals surface area (Å²) in [5.74, 6) is -4.36. The fourth-order valence-corrected chi connectivity index (χ4v) is 6.55. The Balaban J connectivity index is 1.21. The van der Waals surface area contributed by atoms with Gasteiger partial charge in [0.05, 0.1) is 19.8 Å². The molecular weight excluding hydrogens is 610 g/mol. The van der Waals surface area contributed by atoms with Gasteiger partial charge in [0.2, 0.25) is 0 Å². The lowest BCUT2D eigenvalue weighted by Gasteiger charge is -2.38. The summed E-state index contributed by atoms with van der Waals surface area (Å²) in [6, 6.07) is 7.86. The van der Waals surface area contributed by atoms with Crippen molar-refractivity contribution in [1.29, 1.82) is 0 Å². The first-order valence-electron chi connectivity index (χ1n) is 16.1. The van der Waals surface area contributed by atoms with E-state index in [-0.39, 0.29) is 29.4 Å². The molecular formula is C36H40F6O4. The van der Waals surface area contributed by atoms with Crippen molar-refractivity contribution in [1.82, 2.24) is 0 Å². The van der Waals surface area contributed by atoms with Gasteiger partial charge >= 0.3 is 6.11 Å². The maximum Gasteiger partial charge on any atom is 0.432 e. The zero-order valence-electron chi connectivity index (χ0n) is 26.1. The third-order valence-corrected chi connectivity index (χ3v) is 9.06. The van der Waals surface area contributed by atoms with E-state index in [1.807, 2.05) is 0 Å². The standard InChI is InChI=1S/C36H40F6O4/c1-3-5-6-7-22-8-10-23(11-9-22)26-20-44-35(45-21-26)24-12-14-28(29(37)16-24)25-17-31(39)34(32(40)18-25)36(41,42)46-27-13-15-33(43-4-2)30(38)19-27/h12-19,22-23,26,35H,3-11,20-21H2,1-2H3. The lowest BCUT2D eigenvalue weighted by atomic mass is 9.74. The molecule has 250 valence electrons. The minimum Gasteiger partial charge on any atom is -0.491 e. The van der Waals surface area contributed by atoms with Crippen LogP contribution in [0.2, 0.25) is 0 Å². The molecule has 4 nitrogen and oxygen atoms in total. The molecule has 0 amide bonds. The number of alkyl halides is 2. The Morgan fingerprint density at radius 3 is 2.07 bits per heavy atom. The van der Waals surface area contributed by atoms with E-state index in [0.29, 0.717) is 42.9 Å². The third kappa shape index (κ3) is 8.00. The minimum absolute atomic E-state index is 0.141. The van der Waals surface area contributed by atoms with Crippen LogP contribution in [0.4, 0.5) is 26.3 Å². The highest BCUT2D eigenvalue weighted by Crippen LogP contribution is 2.41. The molecule has 3 aromatic rings. The van der Waals surface area contributed by atoms with Crippen molar-refractivity contribution < 1.29 is 45.3 Å². The smallest absolute Gasteiger partial charge is 0.432 e. The number of hydrogen-bond donors (Lipinski definition) is 0. The molecule has 2 aliphatic rings. The number of ether oxygens (including phenoxy) is 4. The van der Waals surface area contributed by atoms with Crippen LogP contribution in [0.3, 0.4) is 0 Å². The van der Waals surface area contributed by atoms with Gasteiger partial charge < -0.3 is 18.9 Å². The van der Waals surface area contributed by atoms with Crippen LogP contribution < -0.4 is 9.47 Å². The van der Waals surface area contributed by atoms with Gasteiger partial charge in [0.15, 0.2) is 17.9 Å². The van der Waals surface area contributed by atoms with Gasteiger partial charge in [-0.05, 0) is 67.5 Å². The summed E-state index contributed by atoms with van der Waals surface area (Å²) in [5, 5.41) is 0. The van der Waals surface area contributed by atoms with E-state index in [9.17, 15) is 22.0 Å². The monoisotopic (exact) mass is 650 g/mol. The normalized spacial score (nSPS) is 22.1. The van der Waals surface area contributed by atoms with Gasteiger partial charge in [0, 0.05) is 23.1 Å². The van der Waals surface area contributed by atoms with Crippen LogP contribution in [0.5, 0.6) is 11.5 Å². The van der Waals surface area contributed by atoms with E-state index in [0.717, 1.165) is 37.0 Å². The van der Waals surface area contributed by atoms with Crippen LogP contribution in [0.15, 0.2) is 48.5 Å². The van der Waals surface area contributed by atoms with Crippen molar-refractivity contribution in [2.45, 2.75) is 77.6 Å². The second-order valence-electron chi connectivity index (χ2n) is 12.2. The number of benzene rings is 3. The van der Waals surface area contributed by atoms with Gasteiger partial charge in [-0.3, -0.25) is 0 Å². The van der Waals surface area contributed by atoms with E-state index >= 15 is 4.39 Å². The summed E-state index contributed by atoms with van der Waals surface area (Å²) >= 11 is 0. The van der Waals surface area contributed by atoms with Gasteiger partial charge in [-0.2, -0.15) is 8.78 Å². The van der Waals surface area contributed by atoms with Gasteiger partial charge in [0.25, 0.3) is 0 Å². The van der Waals surface area contributed by atoms with Gasteiger partial charge in [-0.1, -0.05) is 57.6 Å². The average molecular weight is 651 g/mol. The molecule has 0 bridgehead atoms. The summed E-state index contributed by atoms with van der Waals surface area (Å²) in [6.07, 6.45) is 4.62. The molecule has 46 heavy (non-hydrogen) atoms. The Kier molecular flexibility index (Phi) is 11.2. The van der Waals surface area contributed by atoms with Crippen molar-refractivity contribution in [3.05, 3.63) is 82.9 Å². The van der Waals surface area contributed by atoms with E-state index in [1.165, 1.54) is 50.7 Å². The van der Waals surface area contributed by atoms with Crippen LogP contribution in [0.1, 0.15) is 82.6 Å². The second-order valence-corrected chi connectivity index (χ2v) is 12.2. The third-order valence-electron chi connectivity index (χ3n) is 9.06. The molecule has 3 aromatic carbocycles. The molecule has 1 heterocycles. The Morgan fingerprint density at radius 2 is 1.46 bits per heavy atom. The van der Waals surface area contributed by atoms with Crippen molar-refractivity contribution >= 4 is 0 Å². The first kappa shape index (κ1) is 34.1. The summed E-state index contributed by atoms with van der Waals surface area (Å²) in [6.45, 7) is 4.97. The molecule has 0 unspecified atom stereocenters. The molecule has 2 fully saturated rings. The Bertz CT molecular complexity index is 1440. The molecule has 1 saturated heterocycles. The van der Waals surface area contributed by atoms with Crippen LogP contribution in [-0.2, 0) is 15.6 Å². The number of halogens is 6. The predicted molar refractivity (Wildman–Crippen MR) is 162 cm³/mol. The molecule has 0 spiro atoms. The summed E-state index contributed by atoms with van der Waals surface area (Å²) in [7, 11) is 0. The number of unbranched alkanes of at least 4 members (excludes halogenated alkanes) is 2. The van der Waals surface area contributed by atoms with Crippen LogP contribution in [0.25, 0.3) is 11.1 Å². The average Bonchev–Trinajstić information content (AvgIpc) is 3.02. The maximum absolute atomic E-state index is 15.2. The van der Waals surface area contributed by atoms with Gasteiger partial charge in [0.1, 0.15) is 28.8 Å². The molecule has 0 N–H and O–H groups in total. The van der Waals surface area contributed by atoms with Crippen molar-refractivity contribution in [2.24, 2.45) is 17.8 Å². The molecule has 1 aliphatic heterocycles. The molecule has 0 aromatic heterocycles. The van der Waals surface area contributed by atoms with E-state index in [4.69, 9.17) is 14.2 Å². The zero-order valence-corrected chi connectivity index (χ0v) is 26.1. The van der Waals surface area contributed by atoms with Crippen LogP contribution in [0, 0.1) is 41.0 Å². The Morgan fingerprint density at radius 1 is 0.761 bits per heavy atom. The first-order chi connectivity index (χ1) is 22.1. The lowest BCUT2D eigenvalue weighted by Crippen LogP contribution is -2.34. The summed E-state index contributed by atoms with van der Waals surface area (Å²) < 4.78 is 110. The molecule has 1 aliphatic carbocycles. The second kappa shape index (κ2) is 15.1. The van der Waals surface area contributed by atoms with Crippen LogP contribution in [-0.4, -0.2) is 19.8 Å². The van der Waals surface area contributed by atoms with Crippen molar-refractivity contribution in [2.75, 3.05) is 19.8 Å². The summed E-state index contributed by atoms with van der Waals surface area (Å²) in [5.41, 5.74) is -1.78. The Labute approximate surface area is 266 Å². The molecule has 5 rings (SSSR count). The minimum atomic E-state index is -4.50. The van der Waals surface area contributed by atoms with E-state index in [1.54, 1.807) is 6.92 Å². The predicted octanol–water partition coefficient (Wildman–Crippen LogP) is 10.5. The quantitative estimate of drug-likeness (QED) is 0.144. The van der Waals surface area contributed by atoms with Crippen molar-refractivity contribution in [3.63, 3.8) is 0 Å². The maximum atomic E-state index is 15.2. The zero-order chi connectivity index (χ0) is 32.8. The highest BCUT2D eigenvalue weighted by atomic mass is 19.3. The number of hydrogen-bond acceptors (Lipinski definition) is 4. The van der Waals surface area contributed by atoms with Crippen LogP contribution >= 0.6 is 0 Å². The largest absolute Gasteiger partial charge is 0.491 e. The summed E-state index contributed by atoms with van der Waals surface area (Å²) in [4.78, 5) is 0. The van der Waals surface area contributed by atoms with E-state index in [2.05, 4.69) is 11.7 Å². The highest BCUT2D eigenvalue weighted by Gasteiger charge is 2.41. The topological polar surface area (TPSA) is 36.9 Å². The molecule has 1 saturated carbocycles. The lowest BCUT2D eigenvalue weighted by molar-refractivity contribution is -0.214. The number of rotatable bonds is 12. The fraction of sp³-hybridized carbons (Fsp3) is 0.500. The Hall–Kier alpha value is -3.24.